The van der Waals surface area contributed by atoms with Gasteiger partial charge in [-0.25, -0.2) is 0 Å². The van der Waals surface area contributed by atoms with Gasteiger partial charge in [0, 0.05) is 29.4 Å². The van der Waals surface area contributed by atoms with E-state index in [1.54, 1.807) is 0 Å². The van der Waals surface area contributed by atoms with Gasteiger partial charge in [0.1, 0.15) is 6.04 Å². The number of aromatic amines is 1. The van der Waals surface area contributed by atoms with Gasteiger partial charge in [0.15, 0.2) is 5.17 Å². The van der Waals surface area contributed by atoms with Crippen LogP contribution in [0.3, 0.4) is 0 Å². The molecule has 2 aromatic rings. The molecule has 2 aliphatic rings. The molecule has 0 aromatic carbocycles. The maximum atomic E-state index is 5.01. The molecule has 5 heteroatoms. The van der Waals surface area contributed by atoms with Crippen molar-refractivity contribution >= 4 is 16.9 Å². The molecule has 2 aliphatic heterocycles. The van der Waals surface area contributed by atoms with Gasteiger partial charge in [-0.3, -0.25) is 9.98 Å². The number of hydrogen-bond acceptors (Lipinski definition) is 4. The molecule has 3 atom stereocenters. The fourth-order valence-corrected chi connectivity index (χ4v) is 4.72. The molecule has 4 rings (SSSR count). The minimum Gasteiger partial charge on any atom is -0.361 e. The Morgan fingerprint density at radius 1 is 1.32 bits per heavy atom. The Morgan fingerprint density at radius 2 is 2.23 bits per heavy atom. The third-order valence-corrected chi connectivity index (χ3v) is 5.63. The highest BCUT2D eigenvalue weighted by Crippen LogP contribution is 2.48. The van der Waals surface area contributed by atoms with E-state index >= 15 is 0 Å². The van der Waals surface area contributed by atoms with Gasteiger partial charge < -0.3 is 9.88 Å². The molecule has 0 unspecified atom stereocenters. The Hall–Kier alpha value is -1.75. The summed E-state index contributed by atoms with van der Waals surface area (Å²) in [6, 6.07) is 11.3. The molecular formula is C17H20N4S. The molecule has 0 aliphatic carbocycles. The topological polar surface area (TPSA) is 44.3 Å². The van der Waals surface area contributed by atoms with Crippen LogP contribution in [0.2, 0.25) is 0 Å². The summed E-state index contributed by atoms with van der Waals surface area (Å²) in [4.78, 5) is 15.6. The number of pyridine rings is 1. The van der Waals surface area contributed by atoms with Crippen LogP contribution < -0.4 is 0 Å². The summed E-state index contributed by atoms with van der Waals surface area (Å²) in [7, 11) is 0. The Balaban J connectivity index is 1.78. The minimum atomic E-state index is 0.0797. The van der Waals surface area contributed by atoms with Crippen molar-refractivity contribution in [1.29, 1.82) is 0 Å². The Kier molecular flexibility index (Phi) is 3.45. The summed E-state index contributed by atoms with van der Waals surface area (Å²) in [6.45, 7) is 4.37. The van der Waals surface area contributed by atoms with Crippen LogP contribution in [0.5, 0.6) is 0 Å². The third-order valence-electron chi connectivity index (χ3n) is 4.50. The molecule has 0 bridgehead atoms. The molecule has 1 saturated heterocycles. The molecule has 0 radical (unpaired) electrons. The zero-order chi connectivity index (χ0) is 15.1. The standard InChI is InChI=1S/C17H20N4S/c1-3-12-10-22-17-20-15(13-6-4-5-9-18-13)16(21(12)17)14-8-7-11(2)19-14/h4-9,12,15-16,19H,3,10H2,1-2H3/t12-,15+,16+/m1/s1. The van der Waals surface area contributed by atoms with Crippen LogP contribution in [-0.2, 0) is 0 Å². The summed E-state index contributed by atoms with van der Waals surface area (Å²) in [6.07, 6.45) is 3.01. The number of thioether (sulfide) groups is 1. The molecule has 0 saturated carbocycles. The molecule has 0 spiro atoms. The third kappa shape index (κ3) is 2.15. The van der Waals surface area contributed by atoms with Crippen LogP contribution in [-0.4, -0.2) is 31.8 Å². The summed E-state index contributed by atoms with van der Waals surface area (Å²) in [5.41, 5.74) is 3.49. The maximum absolute atomic E-state index is 5.01. The van der Waals surface area contributed by atoms with Gasteiger partial charge in [-0.2, -0.15) is 0 Å². The normalized spacial score (nSPS) is 27.1. The van der Waals surface area contributed by atoms with Crippen LogP contribution in [0.15, 0.2) is 41.5 Å². The van der Waals surface area contributed by atoms with E-state index in [2.05, 4.69) is 46.9 Å². The molecular weight excluding hydrogens is 292 g/mol. The lowest BCUT2D eigenvalue weighted by Crippen LogP contribution is -2.35. The Labute approximate surface area is 135 Å². The van der Waals surface area contributed by atoms with Gasteiger partial charge in [0.25, 0.3) is 0 Å². The van der Waals surface area contributed by atoms with Gasteiger partial charge in [-0.05, 0) is 37.6 Å². The maximum Gasteiger partial charge on any atom is 0.160 e. The van der Waals surface area contributed by atoms with E-state index in [1.807, 2.05) is 30.1 Å². The molecule has 4 heterocycles. The van der Waals surface area contributed by atoms with Crippen molar-refractivity contribution in [2.75, 3.05) is 5.75 Å². The van der Waals surface area contributed by atoms with E-state index in [9.17, 15) is 0 Å². The molecule has 22 heavy (non-hydrogen) atoms. The first-order valence-electron chi connectivity index (χ1n) is 7.83. The summed E-state index contributed by atoms with van der Waals surface area (Å²) in [5, 5.41) is 1.18. The van der Waals surface area contributed by atoms with Crippen molar-refractivity contribution in [3.05, 3.63) is 53.6 Å². The largest absolute Gasteiger partial charge is 0.361 e. The molecule has 1 fully saturated rings. The summed E-state index contributed by atoms with van der Waals surface area (Å²) in [5.74, 6) is 1.14. The minimum absolute atomic E-state index is 0.0797. The fourth-order valence-electron chi connectivity index (χ4n) is 3.39. The van der Waals surface area contributed by atoms with Crippen LogP contribution in [0, 0.1) is 6.92 Å². The first kappa shape index (κ1) is 13.9. The molecule has 1 N–H and O–H groups in total. The SMILES string of the molecule is CC[C@@H]1CSC2=N[C@@H](c3ccccn3)[C@H](c3ccc(C)[nH]3)N21. The number of H-pyrrole nitrogens is 1. The predicted molar refractivity (Wildman–Crippen MR) is 91.1 cm³/mol. The van der Waals surface area contributed by atoms with Gasteiger partial charge in [-0.1, -0.05) is 24.8 Å². The number of fused-ring (bicyclic) bond motifs is 1. The smallest absolute Gasteiger partial charge is 0.160 e. The van der Waals surface area contributed by atoms with Crippen molar-refractivity contribution < 1.29 is 0 Å². The fraction of sp³-hybridized carbons (Fsp3) is 0.412. The highest BCUT2D eigenvalue weighted by Gasteiger charge is 2.45. The van der Waals surface area contributed by atoms with Crippen molar-refractivity contribution in [3.8, 4) is 0 Å². The molecule has 4 nitrogen and oxygen atoms in total. The van der Waals surface area contributed by atoms with Crippen LogP contribution in [0.25, 0.3) is 0 Å². The predicted octanol–water partition coefficient (Wildman–Crippen LogP) is 3.70. The number of aliphatic imine (C=N–C) groups is 1. The Morgan fingerprint density at radius 3 is 2.91 bits per heavy atom. The van der Waals surface area contributed by atoms with E-state index in [4.69, 9.17) is 4.99 Å². The van der Waals surface area contributed by atoms with E-state index in [1.165, 1.54) is 16.6 Å². The highest BCUT2D eigenvalue weighted by atomic mass is 32.2. The van der Waals surface area contributed by atoms with Crippen LogP contribution in [0.1, 0.15) is 42.5 Å². The van der Waals surface area contributed by atoms with Crippen molar-refractivity contribution in [2.45, 2.75) is 38.4 Å². The lowest BCUT2D eigenvalue weighted by molar-refractivity contribution is 0.251. The number of rotatable bonds is 3. The van der Waals surface area contributed by atoms with E-state index in [-0.39, 0.29) is 12.1 Å². The average molecular weight is 312 g/mol. The average Bonchev–Trinajstić information content (AvgIpc) is 3.22. The lowest BCUT2D eigenvalue weighted by Gasteiger charge is -2.30. The monoisotopic (exact) mass is 312 g/mol. The van der Waals surface area contributed by atoms with Crippen molar-refractivity contribution in [2.24, 2.45) is 4.99 Å². The van der Waals surface area contributed by atoms with Crippen molar-refractivity contribution in [3.63, 3.8) is 0 Å². The molecule has 0 amide bonds. The number of hydrogen-bond donors (Lipinski definition) is 1. The van der Waals surface area contributed by atoms with Gasteiger partial charge in [-0.15, -0.1) is 0 Å². The second-order valence-electron chi connectivity index (χ2n) is 5.93. The van der Waals surface area contributed by atoms with Gasteiger partial charge in [0.2, 0.25) is 0 Å². The molecule has 2 aromatic heterocycles. The van der Waals surface area contributed by atoms with Gasteiger partial charge in [0.05, 0.1) is 11.7 Å². The van der Waals surface area contributed by atoms with Crippen LogP contribution >= 0.6 is 11.8 Å². The number of aryl methyl sites for hydroxylation is 1. The summed E-state index contributed by atoms with van der Waals surface area (Å²) >= 11 is 1.88. The zero-order valence-corrected chi connectivity index (χ0v) is 13.7. The summed E-state index contributed by atoms with van der Waals surface area (Å²) < 4.78 is 0. The quantitative estimate of drug-likeness (QED) is 0.940. The number of nitrogens with one attached hydrogen (secondary N) is 1. The second kappa shape index (κ2) is 5.47. The van der Waals surface area contributed by atoms with Crippen molar-refractivity contribution in [1.82, 2.24) is 14.9 Å². The highest BCUT2D eigenvalue weighted by molar-refractivity contribution is 8.14. The molecule has 114 valence electrons. The number of amidine groups is 1. The zero-order valence-electron chi connectivity index (χ0n) is 12.9. The van der Waals surface area contributed by atoms with E-state index in [0.717, 1.165) is 17.9 Å². The number of aromatic nitrogens is 2. The van der Waals surface area contributed by atoms with Crippen LogP contribution in [0.4, 0.5) is 0 Å². The lowest BCUT2D eigenvalue weighted by atomic mass is 10.00. The second-order valence-corrected chi connectivity index (χ2v) is 6.92. The van der Waals surface area contributed by atoms with Gasteiger partial charge >= 0.3 is 0 Å². The van der Waals surface area contributed by atoms with E-state index < -0.39 is 0 Å². The first-order valence-corrected chi connectivity index (χ1v) is 8.82. The Bertz CT molecular complexity index is 694. The number of nitrogens with zero attached hydrogens (tertiary/aromatic N) is 3. The first-order chi connectivity index (χ1) is 10.8. The van der Waals surface area contributed by atoms with E-state index in [0.29, 0.717) is 6.04 Å².